The number of pyridine rings is 1. The van der Waals surface area contributed by atoms with Crippen LogP contribution in [0.15, 0.2) is 30.7 Å². The van der Waals surface area contributed by atoms with Crippen molar-refractivity contribution in [2.24, 2.45) is 0 Å². The summed E-state index contributed by atoms with van der Waals surface area (Å²) in [5.41, 5.74) is 2.53. The smallest absolute Gasteiger partial charge is 0.321 e. The predicted octanol–water partition coefficient (Wildman–Crippen LogP) is 0.899. The lowest BCUT2D eigenvalue weighted by Gasteiger charge is -2.13. The van der Waals surface area contributed by atoms with Gasteiger partial charge in [-0.15, -0.1) is 0 Å². The number of carboxylic acid groups (broad SMARTS) is 1. The Labute approximate surface area is 110 Å². The van der Waals surface area contributed by atoms with Crippen molar-refractivity contribution in [1.82, 2.24) is 20.3 Å². The molecule has 0 fully saturated rings. The van der Waals surface area contributed by atoms with Crippen molar-refractivity contribution in [2.45, 2.75) is 25.9 Å². The molecule has 0 amide bonds. The van der Waals surface area contributed by atoms with Crippen LogP contribution < -0.4 is 5.32 Å². The molecule has 6 nitrogen and oxygen atoms in total. The molecule has 19 heavy (non-hydrogen) atoms. The van der Waals surface area contributed by atoms with Gasteiger partial charge in [0.05, 0.1) is 12.0 Å². The average molecular weight is 260 g/mol. The average Bonchev–Trinajstić information content (AvgIpc) is 2.87. The lowest BCUT2D eigenvalue weighted by Crippen LogP contribution is -2.38. The molecule has 2 aromatic rings. The van der Waals surface area contributed by atoms with E-state index in [1.54, 1.807) is 6.20 Å². The van der Waals surface area contributed by atoms with Crippen LogP contribution in [-0.4, -0.2) is 32.1 Å². The first-order chi connectivity index (χ1) is 9.15. The molecule has 0 saturated heterocycles. The Morgan fingerprint density at radius 1 is 1.53 bits per heavy atom. The van der Waals surface area contributed by atoms with Crippen molar-refractivity contribution >= 4 is 5.97 Å². The monoisotopic (exact) mass is 260 g/mol. The fourth-order valence-electron chi connectivity index (χ4n) is 1.79. The zero-order valence-corrected chi connectivity index (χ0v) is 10.6. The number of nitrogens with zero attached hydrogens (tertiary/aromatic N) is 2. The topological polar surface area (TPSA) is 90.9 Å². The second-order valence-electron chi connectivity index (χ2n) is 4.32. The maximum Gasteiger partial charge on any atom is 0.321 e. The van der Waals surface area contributed by atoms with Crippen molar-refractivity contribution in [3.8, 4) is 0 Å². The van der Waals surface area contributed by atoms with Gasteiger partial charge >= 0.3 is 5.97 Å². The van der Waals surface area contributed by atoms with E-state index in [1.807, 2.05) is 25.1 Å². The summed E-state index contributed by atoms with van der Waals surface area (Å²) in [7, 11) is 0. The van der Waals surface area contributed by atoms with E-state index >= 15 is 0 Å². The molecule has 1 atom stereocenters. The highest BCUT2D eigenvalue weighted by molar-refractivity contribution is 5.73. The highest BCUT2D eigenvalue weighted by Gasteiger charge is 2.18. The Morgan fingerprint density at radius 3 is 3.00 bits per heavy atom. The van der Waals surface area contributed by atoms with E-state index in [9.17, 15) is 9.90 Å². The highest BCUT2D eigenvalue weighted by Crippen LogP contribution is 2.02. The van der Waals surface area contributed by atoms with Crippen LogP contribution in [-0.2, 0) is 17.8 Å². The fraction of sp³-hybridized carbons (Fsp3) is 0.308. The first-order valence-electron chi connectivity index (χ1n) is 6.01. The largest absolute Gasteiger partial charge is 0.480 e. The van der Waals surface area contributed by atoms with E-state index in [0.29, 0.717) is 13.0 Å². The Balaban J connectivity index is 1.96. The van der Waals surface area contributed by atoms with E-state index in [-0.39, 0.29) is 0 Å². The molecule has 0 aliphatic heterocycles. The van der Waals surface area contributed by atoms with Gasteiger partial charge in [-0.2, -0.15) is 0 Å². The van der Waals surface area contributed by atoms with Gasteiger partial charge in [-0.25, -0.2) is 4.98 Å². The number of carboxylic acids is 1. The second-order valence-corrected chi connectivity index (χ2v) is 4.32. The third-order valence-corrected chi connectivity index (χ3v) is 2.75. The SMILES string of the molecule is Cc1cccc(CN[C@@H](Cc2cnc[nH]2)C(=O)O)n1. The van der Waals surface area contributed by atoms with Gasteiger partial charge in [0.2, 0.25) is 0 Å². The van der Waals surface area contributed by atoms with E-state index < -0.39 is 12.0 Å². The Bertz CT molecular complexity index is 539. The molecule has 2 rings (SSSR count). The van der Waals surface area contributed by atoms with Crippen molar-refractivity contribution < 1.29 is 9.90 Å². The lowest BCUT2D eigenvalue weighted by molar-refractivity contribution is -0.139. The summed E-state index contributed by atoms with van der Waals surface area (Å²) in [6.45, 7) is 2.33. The van der Waals surface area contributed by atoms with Crippen LogP contribution in [0.3, 0.4) is 0 Å². The van der Waals surface area contributed by atoms with Gasteiger partial charge in [-0.3, -0.25) is 15.1 Å². The number of hydrogen-bond acceptors (Lipinski definition) is 4. The molecular weight excluding hydrogens is 244 g/mol. The summed E-state index contributed by atoms with van der Waals surface area (Å²) < 4.78 is 0. The minimum absolute atomic E-state index is 0.362. The predicted molar refractivity (Wildman–Crippen MR) is 69.5 cm³/mol. The van der Waals surface area contributed by atoms with E-state index in [2.05, 4.69) is 20.3 Å². The maximum absolute atomic E-state index is 11.2. The van der Waals surface area contributed by atoms with E-state index in [0.717, 1.165) is 17.1 Å². The van der Waals surface area contributed by atoms with Crippen LogP contribution in [0.5, 0.6) is 0 Å². The Kier molecular flexibility index (Phi) is 4.25. The molecule has 0 aromatic carbocycles. The van der Waals surface area contributed by atoms with Gasteiger partial charge in [-0.05, 0) is 19.1 Å². The molecule has 0 spiro atoms. The Morgan fingerprint density at radius 2 is 2.37 bits per heavy atom. The molecule has 100 valence electrons. The summed E-state index contributed by atoms with van der Waals surface area (Å²) in [6.07, 6.45) is 3.53. The minimum Gasteiger partial charge on any atom is -0.480 e. The summed E-state index contributed by atoms with van der Waals surface area (Å²) in [4.78, 5) is 22.3. The van der Waals surface area contributed by atoms with Crippen LogP contribution in [0.2, 0.25) is 0 Å². The lowest BCUT2D eigenvalue weighted by atomic mass is 10.1. The first-order valence-corrected chi connectivity index (χ1v) is 6.01. The van der Waals surface area contributed by atoms with Crippen LogP contribution >= 0.6 is 0 Å². The van der Waals surface area contributed by atoms with Gasteiger partial charge in [0.1, 0.15) is 6.04 Å². The number of aromatic amines is 1. The zero-order valence-electron chi connectivity index (χ0n) is 10.6. The van der Waals surface area contributed by atoms with Gasteiger partial charge < -0.3 is 10.1 Å². The number of aliphatic carboxylic acids is 1. The second kappa shape index (κ2) is 6.10. The molecule has 0 bridgehead atoms. The first kappa shape index (κ1) is 13.2. The number of nitrogens with one attached hydrogen (secondary N) is 2. The third kappa shape index (κ3) is 3.89. The summed E-state index contributed by atoms with van der Waals surface area (Å²) >= 11 is 0. The van der Waals surface area contributed by atoms with E-state index in [4.69, 9.17) is 0 Å². The molecular formula is C13H16N4O2. The van der Waals surface area contributed by atoms with Crippen molar-refractivity contribution in [1.29, 1.82) is 0 Å². The van der Waals surface area contributed by atoms with Crippen molar-refractivity contribution in [3.05, 3.63) is 47.8 Å². The number of aryl methyl sites for hydroxylation is 1. The summed E-state index contributed by atoms with van der Waals surface area (Å²) in [5.74, 6) is -0.887. The third-order valence-electron chi connectivity index (χ3n) is 2.75. The minimum atomic E-state index is -0.887. The molecule has 2 aromatic heterocycles. The maximum atomic E-state index is 11.2. The zero-order chi connectivity index (χ0) is 13.7. The number of rotatable bonds is 6. The van der Waals surface area contributed by atoms with Crippen LogP contribution in [0, 0.1) is 6.92 Å². The summed E-state index contributed by atoms with van der Waals surface area (Å²) in [5, 5.41) is 12.2. The summed E-state index contributed by atoms with van der Waals surface area (Å²) in [6, 6.07) is 5.02. The molecule has 0 radical (unpaired) electrons. The molecule has 0 unspecified atom stereocenters. The number of imidazole rings is 1. The van der Waals surface area contributed by atoms with Gasteiger partial charge in [0.25, 0.3) is 0 Å². The van der Waals surface area contributed by atoms with Gasteiger partial charge in [0.15, 0.2) is 0 Å². The fourth-order valence-corrected chi connectivity index (χ4v) is 1.79. The number of carbonyl (C=O) groups is 1. The van der Waals surface area contributed by atoms with Crippen molar-refractivity contribution in [3.63, 3.8) is 0 Å². The number of aromatic nitrogens is 3. The quantitative estimate of drug-likeness (QED) is 0.717. The van der Waals surface area contributed by atoms with Crippen LogP contribution in [0.1, 0.15) is 17.1 Å². The van der Waals surface area contributed by atoms with Gasteiger partial charge in [0, 0.05) is 30.6 Å². The number of hydrogen-bond donors (Lipinski definition) is 3. The molecule has 6 heteroatoms. The van der Waals surface area contributed by atoms with Crippen molar-refractivity contribution in [2.75, 3.05) is 0 Å². The molecule has 0 saturated carbocycles. The Hall–Kier alpha value is -2.21. The molecule has 2 heterocycles. The normalized spacial score (nSPS) is 12.3. The van der Waals surface area contributed by atoms with Crippen LogP contribution in [0.4, 0.5) is 0 Å². The van der Waals surface area contributed by atoms with Gasteiger partial charge in [-0.1, -0.05) is 6.07 Å². The molecule has 0 aliphatic rings. The molecule has 0 aliphatic carbocycles. The van der Waals surface area contributed by atoms with E-state index in [1.165, 1.54) is 6.33 Å². The standard InChI is InChI=1S/C13H16N4O2/c1-9-3-2-4-10(17-9)7-15-12(13(18)19)5-11-6-14-8-16-11/h2-4,6,8,12,15H,5,7H2,1H3,(H,14,16)(H,18,19)/t12-/m0/s1. The van der Waals surface area contributed by atoms with Crippen LogP contribution in [0.25, 0.3) is 0 Å². The molecule has 3 N–H and O–H groups in total. The highest BCUT2D eigenvalue weighted by atomic mass is 16.4. The number of H-pyrrole nitrogens is 1.